The second-order valence-corrected chi connectivity index (χ2v) is 10.9. The molecule has 172 valence electrons. The van der Waals surface area contributed by atoms with Gasteiger partial charge in [-0.05, 0) is 69.8 Å². The van der Waals surface area contributed by atoms with Gasteiger partial charge >= 0.3 is 0 Å². The molecule has 3 aliphatic rings. The fourth-order valence-corrected chi connectivity index (χ4v) is 6.23. The molecule has 1 saturated heterocycles. The van der Waals surface area contributed by atoms with Gasteiger partial charge in [0.25, 0.3) is 5.91 Å². The number of hydrogen-bond acceptors (Lipinski definition) is 3. The summed E-state index contributed by atoms with van der Waals surface area (Å²) in [5.41, 5.74) is 2.10. The van der Waals surface area contributed by atoms with Crippen LogP contribution in [-0.4, -0.2) is 39.7 Å². The Hall–Kier alpha value is -2.30. The summed E-state index contributed by atoms with van der Waals surface area (Å²) in [6.07, 6.45) is 12.8. The number of hydrogen-bond donors (Lipinski definition) is 1. The molecule has 1 unspecified atom stereocenters. The molecule has 32 heavy (non-hydrogen) atoms. The lowest BCUT2D eigenvalue weighted by molar-refractivity contribution is 0.0691. The first-order chi connectivity index (χ1) is 15.5. The molecule has 1 amide bonds. The summed E-state index contributed by atoms with van der Waals surface area (Å²) in [5.74, 6) is 2.48. The van der Waals surface area contributed by atoms with Crippen molar-refractivity contribution in [2.45, 2.75) is 83.2 Å². The van der Waals surface area contributed by atoms with E-state index in [9.17, 15) is 4.79 Å². The number of carbonyl (C=O) groups excluding carboxylic acids is 1. The standard InChI is InChI=1S/C27H38N4O/c1-27(2)18-24(22-11-7-4-8-12-22)29-25-23(19-28-31(25)27)26(32)30-15-13-21(14-16-30)17-20-9-5-3-6-10-20/h3,5-6,9-10,19,21-22,24,29H,4,7-8,11-18H2,1-2H3. The first-order valence-corrected chi connectivity index (χ1v) is 12.7. The number of carbonyl (C=O) groups is 1. The average molecular weight is 435 g/mol. The Kier molecular flexibility index (Phi) is 6.00. The van der Waals surface area contributed by atoms with Crippen molar-refractivity contribution in [3.63, 3.8) is 0 Å². The van der Waals surface area contributed by atoms with Gasteiger partial charge in [-0.15, -0.1) is 0 Å². The molecule has 0 bridgehead atoms. The van der Waals surface area contributed by atoms with E-state index in [0.29, 0.717) is 17.9 Å². The number of nitrogens with zero attached hydrogens (tertiary/aromatic N) is 3. The molecule has 5 heteroatoms. The van der Waals surface area contributed by atoms with Gasteiger partial charge in [0.05, 0.1) is 11.7 Å². The Morgan fingerprint density at radius 1 is 1.06 bits per heavy atom. The zero-order valence-electron chi connectivity index (χ0n) is 19.7. The minimum absolute atomic E-state index is 0.0656. The van der Waals surface area contributed by atoms with Crippen LogP contribution < -0.4 is 5.32 Å². The van der Waals surface area contributed by atoms with Crippen LogP contribution in [0.4, 0.5) is 5.82 Å². The van der Waals surface area contributed by atoms with Crippen LogP contribution in [0.2, 0.25) is 0 Å². The highest BCUT2D eigenvalue weighted by atomic mass is 16.2. The summed E-state index contributed by atoms with van der Waals surface area (Å²) in [5, 5.41) is 8.47. The molecule has 1 N–H and O–H groups in total. The molecular formula is C27H38N4O. The van der Waals surface area contributed by atoms with Crippen LogP contribution in [0.5, 0.6) is 0 Å². The van der Waals surface area contributed by atoms with E-state index in [1.807, 2.05) is 6.20 Å². The molecular weight excluding hydrogens is 396 g/mol. The van der Waals surface area contributed by atoms with Gasteiger partial charge in [-0.1, -0.05) is 49.6 Å². The number of rotatable bonds is 4. The third-order valence-corrected chi connectivity index (χ3v) is 8.10. The molecule has 1 saturated carbocycles. The molecule has 5 rings (SSSR count). The number of aromatic nitrogens is 2. The van der Waals surface area contributed by atoms with Crippen LogP contribution in [-0.2, 0) is 12.0 Å². The highest BCUT2D eigenvalue weighted by molar-refractivity contribution is 5.99. The van der Waals surface area contributed by atoms with Crippen molar-refractivity contribution in [2.24, 2.45) is 11.8 Å². The van der Waals surface area contributed by atoms with Crippen molar-refractivity contribution in [3.05, 3.63) is 47.7 Å². The minimum Gasteiger partial charge on any atom is -0.366 e. The summed E-state index contributed by atoms with van der Waals surface area (Å²) >= 11 is 0. The highest BCUT2D eigenvalue weighted by Gasteiger charge is 2.40. The van der Waals surface area contributed by atoms with E-state index >= 15 is 0 Å². The maximum absolute atomic E-state index is 13.5. The van der Waals surface area contributed by atoms with Crippen molar-refractivity contribution >= 4 is 11.7 Å². The molecule has 2 fully saturated rings. The van der Waals surface area contributed by atoms with E-state index < -0.39 is 0 Å². The van der Waals surface area contributed by atoms with Crippen molar-refractivity contribution < 1.29 is 4.79 Å². The number of amides is 1. The van der Waals surface area contributed by atoms with E-state index in [2.05, 4.69) is 64.2 Å². The van der Waals surface area contributed by atoms with Gasteiger partial charge in [0, 0.05) is 19.1 Å². The van der Waals surface area contributed by atoms with E-state index in [1.54, 1.807) is 0 Å². The predicted octanol–water partition coefficient (Wildman–Crippen LogP) is 5.48. The predicted molar refractivity (Wildman–Crippen MR) is 129 cm³/mol. The number of likely N-dealkylation sites (tertiary alicyclic amines) is 1. The van der Waals surface area contributed by atoms with Crippen molar-refractivity contribution in [1.82, 2.24) is 14.7 Å². The Morgan fingerprint density at radius 2 is 1.78 bits per heavy atom. The van der Waals surface area contributed by atoms with Crippen molar-refractivity contribution in [1.29, 1.82) is 0 Å². The van der Waals surface area contributed by atoms with Crippen LogP contribution in [0.15, 0.2) is 36.5 Å². The Bertz CT molecular complexity index is 920. The number of benzene rings is 1. The van der Waals surface area contributed by atoms with E-state index in [0.717, 1.165) is 50.2 Å². The summed E-state index contributed by atoms with van der Waals surface area (Å²) in [7, 11) is 0. The van der Waals surface area contributed by atoms with Crippen LogP contribution >= 0.6 is 0 Å². The van der Waals surface area contributed by atoms with E-state index in [-0.39, 0.29) is 11.4 Å². The zero-order valence-corrected chi connectivity index (χ0v) is 19.7. The second-order valence-electron chi connectivity index (χ2n) is 10.9. The molecule has 1 aliphatic carbocycles. The van der Waals surface area contributed by atoms with Gasteiger partial charge in [-0.2, -0.15) is 5.10 Å². The summed E-state index contributed by atoms with van der Waals surface area (Å²) in [4.78, 5) is 15.6. The van der Waals surface area contributed by atoms with Crippen molar-refractivity contribution in [3.8, 4) is 0 Å². The van der Waals surface area contributed by atoms with Crippen LogP contribution in [0.25, 0.3) is 0 Å². The second kappa shape index (κ2) is 8.92. The number of fused-ring (bicyclic) bond motifs is 1. The van der Waals surface area contributed by atoms with Gasteiger partial charge in [0.15, 0.2) is 0 Å². The van der Waals surface area contributed by atoms with Gasteiger partial charge in [-0.3, -0.25) is 4.79 Å². The largest absolute Gasteiger partial charge is 0.366 e. The topological polar surface area (TPSA) is 50.2 Å². The average Bonchev–Trinajstić information content (AvgIpc) is 3.25. The van der Waals surface area contributed by atoms with Gasteiger partial charge in [0.2, 0.25) is 0 Å². The number of piperidine rings is 1. The summed E-state index contributed by atoms with van der Waals surface area (Å²) < 4.78 is 2.07. The third-order valence-electron chi connectivity index (χ3n) is 8.10. The first-order valence-electron chi connectivity index (χ1n) is 12.7. The number of anilines is 1. The van der Waals surface area contributed by atoms with Gasteiger partial charge < -0.3 is 10.2 Å². The molecule has 0 radical (unpaired) electrons. The van der Waals surface area contributed by atoms with Crippen LogP contribution in [0.3, 0.4) is 0 Å². The van der Waals surface area contributed by atoms with E-state index in [4.69, 9.17) is 0 Å². The van der Waals surface area contributed by atoms with Crippen molar-refractivity contribution in [2.75, 3.05) is 18.4 Å². The molecule has 1 atom stereocenters. The molecule has 0 spiro atoms. The smallest absolute Gasteiger partial charge is 0.259 e. The summed E-state index contributed by atoms with van der Waals surface area (Å²) in [6, 6.07) is 11.2. The highest BCUT2D eigenvalue weighted by Crippen LogP contribution is 2.40. The number of nitrogens with one attached hydrogen (secondary N) is 1. The maximum Gasteiger partial charge on any atom is 0.259 e. The zero-order chi connectivity index (χ0) is 22.1. The monoisotopic (exact) mass is 434 g/mol. The fraction of sp³-hybridized carbons (Fsp3) is 0.630. The maximum atomic E-state index is 13.5. The molecule has 2 aliphatic heterocycles. The Labute approximate surface area is 192 Å². The molecule has 3 heterocycles. The lowest BCUT2D eigenvalue weighted by Crippen LogP contribution is -2.46. The third kappa shape index (κ3) is 4.31. The van der Waals surface area contributed by atoms with Gasteiger partial charge in [-0.25, -0.2) is 4.68 Å². The van der Waals surface area contributed by atoms with E-state index in [1.165, 1.54) is 37.7 Å². The Morgan fingerprint density at radius 3 is 2.50 bits per heavy atom. The normalized spacial score (nSPS) is 24.1. The summed E-state index contributed by atoms with van der Waals surface area (Å²) in [6.45, 7) is 6.22. The SMILES string of the molecule is CC1(C)CC(C2CCCCC2)Nc2c(C(=O)N3CCC(Cc4ccccc4)CC3)cnn21. The molecule has 1 aromatic carbocycles. The molecule has 5 nitrogen and oxygen atoms in total. The van der Waals surface area contributed by atoms with Gasteiger partial charge in [0.1, 0.15) is 11.4 Å². The lowest BCUT2D eigenvalue weighted by atomic mass is 9.78. The molecule has 1 aromatic heterocycles. The quantitative estimate of drug-likeness (QED) is 0.693. The fourth-order valence-electron chi connectivity index (χ4n) is 6.23. The molecule has 2 aromatic rings. The first kappa shape index (κ1) is 21.5. The Balaban J connectivity index is 1.27. The lowest BCUT2D eigenvalue weighted by Gasteiger charge is -2.42. The van der Waals surface area contributed by atoms with Crippen LogP contribution in [0, 0.1) is 11.8 Å². The minimum atomic E-state index is -0.0656. The van der Waals surface area contributed by atoms with Crippen LogP contribution in [0.1, 0.15) is 81.1 Å².